The number of nitrogens with zero attached hydrogens (tertiary/aromatic N) is 2. The van der Waals surface area contributed by atoms with Crippen LogP contribution in [0.5, 0.6) is 0 Å². The quantitative estimate of drug-likeness (QED) is 0.762. The number of aryl methyl sites for hydroxylation is 1. The van der Waals surface area contributed by atoms with Crippen LogP contribution in [0.2, 0.25) is 0 Å². The second-order valence-electron chi connectivity index (χ2n) is 8.54. The van der Waals surface area contributed by atoms with Gasteiger partial charge in [0.15, 0.2) is 5.76 Å². The lowest BCUT2D eigenvalue weighted by molar-refractivity contribution is -0.192. The number of benzene rings is 1. The van der Waals surface area contributed by atoms with Crippen LogP contribution in [0, 0.1) is 18.3 Å². The van der Waals surface area contributed by atoms with Crippen molar-refractivity contribution in [3.05, 3.63) is 35.6 Å². The highest BCUT2D eigenvalue weighted by atomic mass is 19.4. The predicted octanol–water partition coefficient (Wildman–Crippen LogP) is 3.41. The van der Waals surface area contributed by atoms with Gasteiger partial charge in [-0.05, 0) is 26.5 Å². The number of halogens is 3. The maximum Gasteiger partial charge on any atom is 0.490 e. The van der Waals surface area contributed by atoms with E-state index in [0.717, 1.165) is 55.7 Å². The average molecular weight is 456 g/mol. The van der Waals surface area contributed by atoms with Crippen molar-refractivity contribution in [3.63, 3.8) is 0 Å². The van der Waals surface area contributed by atoms with E-state index < -0.39 is 12.1 Å². The minimum absolute atomic E-state index is 0.0243. The van der Waals surface area contributed by atoms with Crippen molar-refractivity contribution < 1.29 is 37.0 Å². The summed E-state index contributed by atoms with van der Waals surface area (Å²) < 4.78 is 43.1. The fourth-order valence-corrected chi connectivity index (χ4v) is 4.79. The van der Waals surface area contributed by atoms with Crippen LogP contribution >= 0.6 is 0 Å². The summed E-state index contributed by atoms with van der Waals surface area (Å²) in [4.78, 5) is 26.4. The molecule has 2 fully saturated rings. The Morgan fingerprint density at radius 3 is 2.53 bits per heavy atom. The van der Waals surface area contributed by atoms with Gasteiger partial charge in [0.2, 0.25) is 0 Å². The monoisotopic (exact) mass is 456 g/mol. The Labute approximate surface area is 183 Å². The second-order valence-corrected chi connectivity index (χ2v) is 8.54. The van der Waals surface area contributed by atoms with Gasteiger partial charge < -0.3 is 24.1 Å². The van der Waals surface area contributed by atoms with Gasteiger partial charge in [-0.15, -0.1) is 0 Å². The number of methoxy groups -OCH3 is 1. The Balaban J connectivity index is 0.000000360. The minimum Gasteiger partial charge on any atom is -0.475 e. The molecule has 2 aromatic rings. The zero-order chi connectivity index (χ0) is 23.7. The van der Waals surface area contributed by atoms with E-state index in [-0.39, 0.29) is 11.3 Å². The summed E-state index contributed by atoms with van der Waals surface area (Å²) in [7, 11) is 3.92. The fourth-order valence-electron chi connectivity index (χ4n) is 4.79. The Bertz CT molecular complexity index is 990. The van der Waals surface area contributed by atoms with Crippen molar-refractivity contribution in [3.8, 4) is 0 Å². The van der Waals surface area contributed by atoms with Gasteiger partial charge in [0.05, 0.1) is 6.61 Å². The maximum atomic E-state index is 13.1. The first-order valence-electron chi connectivity index (χ1n) is 10.2. The van der Waals surface area contributed by atoms with Gasteiger partial charge in [0.25, 0.3) is 5.91 Å². The van der Waals surface area contributed by atoms with Crippen LogP contribution in [0.1, 0.15) is 22.5 Å². The molecule has 10 heteroatoms. The van der Waals surface area contributed by atoms with E-state index >= 15 is 0 Å². The number of furan rings is 1. The number of aliphatic carboxylic acids is 1. The summed E-state index contributed by atoms with van der Waals surface area (Å²) in [5, 5.41) is 8.15. The van der Waals surface area contributed by atoms with Crippen LogP contribution < -0.4 is 0 Å². The van der Waals surface area contributed by atoms with E-state index in [0.29, 0.717) is 11.7 Å². The molecule has 1 spiro atoms. The molecule has 2 aliphatic heterocycles. The van der Waals surface area contributed by atoms with Crippen LogP contribution in [0.3, 0.4) is 0 Å². The largest absolute Gasteiger partial charge is 0.490 e. The van der Waals surface area contributed by atoms with Crippen LogP contribution in [0.4, 0.5) is 13.2 Å². The first-order chi connectivity index (χ1) is 15.0. The number of amides is 1. The number of carboxylic acids is 1. The number of hydrogen-bond donors (Lipinski definition) is 1. The smallest absolute Gasteiger partial charge is 0.475 e. The molecule has 0 aliphatic carbocycles. The number of ether oxygens (including phenoxy) is 1. The molecule has 0 radical (unpaired) electrons. The zero-order valence-corrected chi connectivity index (χ0v) is 18.2. The molecule has 2 aliphatic rings. The number of alkyl halides is 3. The summed E-state index contributed by atoms with van der Waals surface area (Å²) in [5.74, 6) is -1.76. The molecule has 3 heterocycles. The molecule has 2 saturated heterocycles. The molecular weight excluding hydrogens is 429 g/mol. The number of hydrogen-bond acceptors (Lipinski definition) is 5. The third kappa shape index (κ3) is 4.75. The molecule has 2 atom stereocenters. The second kappa shape index (κ2) is 9.11. The summed E-state index contributed by atoms with van der Waals surface area (Å²) in [6.45, 7) is 6.39. The Morgan fingerprint density at radius 1 is 1.28 bits per heavy atom. The lowest BCUT2D eigenvalue weighted by atomic mass is 9.77. The summed E-state index contributed by atoms with van der Waals surface area (Å²) in [6.07, 6.45) is -4.05. The van der Waals surface area contributed by atoms with E-state index in [1.165, 1.54) is 0 Å². The molecule has 176 valence electrons. The molecule has 1 aromatic heterocycles. The van der Waals surface area contributed by atoms with E-state index in [2.05, 4.69) is 11.9 Å². The van der Waals surface area contributed by atoms with Crippen molar-refractivity contribution in [1.82, 2.24) is 9.80 Å². The highest BCUT2D eigenvalue weighted by Gasteiger charge is 2.50. The third-order valence-electron chi connectivity index (χ3n) is 6.30. The summed E-state index contributed by atoms with van der Waals surface area (Å²) in [5.41, 5.74) is 1.88. The van der Waals surface area contributed by atoms with E-state index in [1.807, 2.05) is 36.1 Å². The number of fused-ring (bicyclic) bond motifs is 1. The van der Waals surface area contributed by atoms with Gasteiger partial charge in [-0.1, -0.05) is 18.2 Å². The van der Waals surface area contributed by atoms with Crippen molar-refractivity contribution in [2.45, 2.75) is 19.5 Å². The molecule has 0 bridgehead atoms. The predicted molar refractivity (Wildman–Crippen MR) is 110 cm³/mol. The molecule has 0 unspecified atom stereocenters. The third-order valence-corrected chi connectivity index (χ3v) is 6.30. The highest BCUT2D eigenvalue weighted by molar-refractivity contribution is 5.99. The van der Waals surface area contributed by atoms with E-state index in [1.54, 1.807) is 7.11 Å². The Hall–Kier alpha value is -2.59. The first kappa shape index (κ1) is 24.1. The normalized spacial score (nSPS) is 23.6. The lowest BCUT2D eigenvalue weighted by Gasteiger charge is -2.29. The highest BCUT2D eigenvalue weighted by Crippen LogP contribution is 2.44. The topological polar surface area (TPSA) is 83.2 Å². The van der Waals surface area contributed by atoms with Gasteiger partial charge >= 0.3 is 12.1 Å². The lowest BCUT2D eigenvalue weighted by Crippen LogP contribution is -2.38. The molecule has 1 N–H and O–H groups in total. The number of carbonyl (C=O) groups excluding carboxylic acids is 1. The Kier molecular flexibility index (Phi) is 6.85. The van der Waals surface area contributed by atoms with Crippen molar-refractivity contribution in [2.24, 2.45) is 11.3 Å². The van der Waals surface area contributed by atoms with Gasteiger partial charge in [-0.25, -0.2) is 4.79 Å². The van der Waals surface area contributed by atoms with Gasteiger partial charge in [-0.2, -0.15) is 13.2 Å². The van der Waals surface area contributed by atoms with Crippen LogP contribution in [-0.4, -0.2) is 79.9 Å². The van der Waals surface area contributed by atoms with Crippen molar-refractivity contribution in [1.29, 1.82) is 0 Å². The minimum atomic E-state index is -5.08. The number of likely N-dealkylation sites (tertiary alicyclic amines) is 2. The zero-order valence-electron chi connectivity index (χ0n) is 18.2. The standard InChI is InChI=1S/C20H26N2O3.C2HF3O2/c1-14-16-6-4-5-7-17(16)25-18(14)19(23)22-9-8-20(13-22)12-21(2)10-15(20)11-24-3;3-2(4,5)1(6)7/h4-7,15H,8-13H2,1-3H3;(H,6,7)/t15-,20-;/m1./s1. The number of carbonyl (C=O) groups is 2. The summed E-state index contributed by atoms with van der Waals surface area (Å²) >= 11 is 0. The molecule has 0 saturated carbocycles. The van der Waals surface area contributed by atoms with Gasteiger partial charge in [-0.3, -0.25) is 4.79 Å². The van der Waals surface area contributed by atoms with Crippen molar-refractivity contribution in [2.75, 3.05) is 46.9 Å². The SMILES string of the molecule is COC[C@H]1CN(C)C[C@@]12CCN(C(=O)c1oc3ccccc3c1C)C2.O=C(O)C(F)(F)F. The van der Waals surface area contributed by atoms with Gasteiger partial charge in [0, 0.05) is 55.6 Å². The number of para-hydroxylation sites is 1. The number of rotatable bonds is 3. The van der Waals surface area contributed by atoms with Crippen LogP contribution in [0.15, 0.2) is 28.7 Å². The first-order valence-corrected chi connectivity index (χ1v) is 10.2. The molecule has 32 heavy (non-hydrogen) atoms. The van der Waals surface area contributed by atoms with E-state index in [4.69, 9.17) is 19.1 Å². The van der Waals surface area contributed by atoms with Crippen molar-refractivity contribution >= 4 is 22.8 Å². The molecular formula is C22H27F3N2O5. The van der Waals surface area contributed by atoms with E-state index in [9.17, 15) is 18.0 Å². The number of carboxylic acid groups (broad SMARTS) is 1. The fraction of sp³-hybridized carbons (Fsp3) is 0.545. The van der Waals surface area contributed by atoms with Crippen LogP contribution in [-0.2, 0) is 9.53 Å². The molecule has 1 amide bonds. The summed E-state index contributed by atoms with van der Waals surface area (Å²) in [6, 6.07) is 7.85. The van der Waals surface area contributed by atoms with Gasteiger partial charge in [0.1, 0.15) is 5.58 Å². The molecule has 4 rings (SSSR count). The average Bonchev–Trinajstić information content (AvgIpc) is 3.38. The molecule has 7 nitrogen and oxygen atoms in total. The molecule has 1 aromatic carbocycles. The Morgan fingerprint density at radius 2 is 1.94 bits per heavy atom. The van der Waals surface area contributed by atoms with Crippen LogP contribution in [0.25, 0.3) is 11.0 Å². The maximum absolute atomic E-state index is 13.1.